The summed E-state index contributed by atoms with van der Waals surface area (Å²) in [5.74, 6) is -2.97. The van der Waals surface area contributed by atoms with Crippen molar-refractivity contribution >= 4 is 10.0 Å². The molecule has 0 bridgehead atoms. The molecule has 0 amide bonds. The Labute approximate surface area is 133 Å². The van der Waals surface area contributed by atoms with E-state index in [1.807, 2.05) is 0 Å². The van der Waals surface area contributed by atoms with Gasteiger partial charge in [0.25, 0.3) is 0 Å². The van der Waals surface area contributed by atoms with Crippen LogP contribution in [0.4, 0.5) is 8.78 Å². The van der Waals surface area contributed by atoms with Crippen molar-refractivity contribution in [3.8, 4) is 5.75 Å². The van der Waals surface area contributed by atoms with Crippen molar-refractivity contribution in [3.63, 3.8) is 0 Å². The third-order valence-electron chi connectivity index (χ3n) is 4.23. The van der Waals surface area contributed by atoms with Crippen LogP contribution in [0.1, 0.15) is 6.42 Å². The van der Waals surface area contributed by atoms with E-state index >= 15 is 0 Å². The van der Waals surface area contributed by atoms with Gasteiger partial charge >= 0.3 is 5.92 Å². The molecule has 0 aliphatic carbocycles. The second-order valence-corrected chi connectivity index (χ2v) is 7.38. The summed E-state index contributed by atoms with van der Waals surface area (Å²) >= 11 is 0. The van der Waals surface area contributed by atoms with Crippen LogP contribution < -0.4 is 10.1 Å². The van der Waals surface area contributed by atoms with E-state index in [4.69, 9.17) is 9.47 Å². The van der Waals surface area contributed by atoms with E-state index in [1.165, 1.54) is 25.3 Å². The molecule has 1 atom stereocenters. The van der Waals surface area contributed by atoms with Crippen LogP contribution in [-0.2, 0) is 14.8 Å². The smallest absolute Gasteiger partial charge is 0.302 e. The number of hydrogen-bond acceptors (Lipinski definition) is 5. The van der Waals surface area contributed by atoms with E-state index < -0.39 is 28.2 Å². The van der Waals surface area contributed by atoms with Gasteiger partial charge in [0.1, 0.15) is 5.75 Å². The molecule has 0 radical (unpaired) electrons. The first kappa shape index (κ1) is 16.6. The van der Waals surface area contributed by atoms with Crippen LogP contribution in [-0.4, -0.2) is 57.7 Å². The number of piperidine rings is 1. The van der Waals surface area contributed by atoms with E-state index in [9.17, 15) is 17.2 Å². The molecular weight excluding hydrogens is 330 g/mol. The number of methoxy groups -OCH3 is 1. The Morgan fingerprint density at radius 2 is 2.17 bits per heavy atom. The van der Waals surface area contributed by atoms with Crippen molar-refractivity contribution in [1.29, 1.82) is 0 Å². The normalized spacial score (nSPS) is 28.1. The van der Waals surface area contributed by atoms with E-state index in [0.717, 1.165) is 4.31 Å². The molecule has 1 aromatic carbocycles. The number of hydrogen-bond donors (Lipinski definition) is 1. The van der Waals surface area contributed by atoms with Gasteiger partial charge in [-0.3, -0.25) is 0 Å². The zero-order valence-corrected chi connectivity index (χ0v) is 13.4. The Hall–Kier alpha value is -1.29. The molecule has 9 heteroatoms. The molecule has 2 aliphatic rings. The standard InChI is InChI=1S/C14H18F2N2O4S/c1-21-11-3-2-4-12(9-11)23(19,20)18-7-8-22-14(18)5-6-17-10-13(14,15)16/h2-4,9,17H,5-8,10H2,1H3. The van der Waals surface area contributed by atoms with Crippen LogP contribution >= 0.6 is 0 Å². The van der Waals surface area contributed by atoms with E-state index in [2.05, 4.69) is 5.32 Å². The van der Waals surface area contributed by atoms with Gasteiger partial charge in [0.2, 0.25) is 15.7 Å². The molecule has 2 saturated heterocycles. The maximum Gasteiger partial charge on any atom is 0.302 e. The van der Waals surface area contributed by atoms with Gasteiger partial charge in [-0.05, 0) is 18.7 Å². The number of rotatable bonds is 3. The van der Waals surface area contributed by atoms with Crippen LogP contribution in [0.15, 0.2) is 29.2 Å². The first-order chi connectivity index (χ1) is 10.8. The number of alkyl halides is 2. The molecular formula is C14H18F2N2O4S. The van der Waals surface area contributed by atoms with Crippen molar-refractivity contribution in [2.45, 2.75) is 23.0 Å². The van der Waals surface area contributed by atoms with Gasteiger partial charge in [-0.1, -0.05) is 6.07 Å². The van der Waals surface area contributed by atoms with Gasteiger partial charge in [-0.15, -0.1) is 0 Å². The number of halogens is 2. The highest BCUT2D eigenvalue weighted by atomic mass is 32.2. The fraction of sp³-hybridized carbons (Fsp3) is 0.571. The Balaban J connectivity index is 2.04. The van der Waals surface area contributed by atoms with Gasteiger partial charge in [-0.25, -0.2) is 17.2 Å². The van der Waals surface area contributed by atoms with Gasteiger partial charge in [0.05, 0.1) is 25.2 Å². The topological polar surface area (TPSA) is 67.9 Å². The van der Waals surface area contributed by atoms with Crippen LogP contribution in [0.3, 0.4) is 0 Å². The van der Waals surface area contributed by atoms with Crippen LogP contribution in [0.5, 0.6) is 5.75 Å². The zero-order valence-electron chi connectivity index (χ0n) is 12.6. The fourth-order valence-corrected chi connectivity index (χ4v) is 4.81. The summed E-state index contributed by atoms with van der Waals surface area (Å²) in [7, 11) is -2.72. The predicted octanol–water partition coefficient (Wildman–Crippen LogP) is 1.04. The highest BCUT2D eigenvalue weighted by Crippen LogP contribution is 2.45. The highest BCUT2D eigenvalue weighted by Gasteiger charge is 2.65. The number of ether oxygens (including phenoxy) is 2. The van der Waals surface area contributed by atoms with E-state index in [1.54, 1.807) is 6.07 Å². The fourth-order valence-electron chi connectivity index (χ4n) is 3.06. The predicted molar refractivity (Wildman–Crippen MR) is 78.0 cm³/mol. The van der Waals surface area contributed by atoms with Gasteiger partial charge in [-0.2, -0.15) is 4.31 Å². The number of benzene rings is 1. The average Bonchev–Trinajstić information content (AvgIpc) is 2.97. The Bertz CT molecular complexity index is 698. The van der Waals surface area contributed by atoms with Gasteiger partial charge in [0.15, 0.2) is 0 Å². The summed E-state index contributed by atoms with van der Waals surface area (Å²) < 4.78 is 65.9. The molecule has 128 valence electrons. The molecule has 1 N–H and O–H groups in total. The van der Waals surface area contributed by atoms with Crippen molar-refractivity contribution in [1.82, 2.24) is 9.62 Å². The lowest BCUT2D eigenvalue weighted by Gasteiger charge is -2.44. The highest BCUT2D eigenvalue weighted by molar-refractivity contribution is 7.89. The molecule has 1 spiro atoms. The van der Waals surface area contributed by atoms with Crippen LogP contribution in [0.2, 0.25) is 0 Å². The average molecular weight is 348 g/mol. The lowest BCUT2D eigenvalue weighted by Crippen LogP contribution is -2.66. The van der Waals surface area contributed by atoms with Crippen LogP contribution in [0, 0.1) is 0 Å². The monoisotopic (exact) mass is 348 g/mol. The molecule has 1 unspecified atom stereocenters. The molecule has 2 heterocycles. The van der Waals surface area contributed by atoms with Crippen molar-refractivity contribution < 1.29 is 26.7 Å². The van der Waals surface area contributed by atoms with Crippen molar-refractivity contribution in [2.24, 2.45) is 0 Å². The summed E-state index contributed by atoms with van der Waals surface area (Å²) in [6.45, 7) is -0.509. The Morgan fingerprint density at radius 3 is 2.87 bits per heavy atom. The molecule has 0 saturated carbocycles. The Morgan fingerprint density at radius 1 is 1.39 bits per heavy atom. The summed E-state index contributed by atoms with van der Waals surface area (Å²) in [6, 6.07) is 5.79. The van der Waals surface area contributed by atoms with Crippen LogP contribution in [0.25, 0.3) is 0 Å². The lowest BCUT2D eigenvalue weighted by atomic mass is 9.98. The lowest BCUT2D eigenvalue weighted by molar-refractivity contribution is -0.233. The van der Waals surface area contributed by atoms with Gasteiger partial charge in [0, 0.05) is 19.0 Å². The summed E-state index contributed by atoms with van der Waals surface area (Å²) in [4.78, 5) is -0.0870. The largest absolute Gasteiger partial charge is 0.497 e. The third kappa shape index (κ3) is 2.51. The second-order valence-electron chi connectivity index (χ2n) is 5.52. The maximum absolute atomic E-state index is 14.5. The quantitative estimate of drug-likeness (QED) is 0.884. The number of nitrogens with one attached hydrogen (secondary N) is 1. The molecule has 23 heavy (non-hydrogen) atoms. The maximum atomic E-state index is 14.5. The van der Waals surface area contributed by atoms with Gasteiger partial charge < -0.3 is 14.8 Å². The summed E-state index contributed by atoms with van der Waals surface area (Å²) in [5, 5.41) is 2.58. The first-order valence-electron chi connectivity index (χ1n) is 7.23. The molecule has 6 nitrogen and oxygen atoms in total. The minimum absolute atomic E-state index is 0.0568. The van der Waals surface area contributed by atoms with E-state index in [0.29, 0.717) is 5.75 Å². The van der Waals surface area contributed by atoms with E-state index in [-0.39, 0.29) is 31.0 Å². The number of sulfonamides is 1. The van der Waals surface area contributed by atoms with Crippen molar-refractivity contribution in [3.05, 3.63) is 24.3 Å². The second kappa shape index (κ2) is 5.66. The molecule has 3 rings (SSSR count). The van der Waals surface area contributed by atoms with Crippen molar-refractivity contribution in [2.75, 3.05) is 33.4 Å². The minimum atomic E-state index is -4.13. The Kier molecular flexibility index (Phi) is 4.07. The molecule has 0 aromatic heterocycles. The zero-order chi connectivity index (χ0) is 16.7. The summed E-state index contributed by atoms with van der Waals surface area (Å²) in [6.07, 6.45) is -0.108. The SMILES string of the molecule is COc1cccc(S(=O)(=O)N2CCOC23CCNCC3(F)F)c1. The number of nitrogens with zero attached hydrogens (tertiary/aromatic N) is 1. The molecule has 2 aliphatic heterocycles. The molecule has 2 fully saturated rings. The minimum Gasteiger partial charge on any atom is -0.497 e. The first-order valence-corrected chi connectivity index (χ1v) is 8.67. The molecule has 1 aromatic rings. The third-order valence-corrected chi connectivity index (χ3v) is 6.13. The summed E-state index contributed by atoms with van der Waals surface area (Å²) in [5.41, 5.74) is -2.12.